The number of carbonyl (C=O) groups excluding carboxylic acids is 1. The Morgan fingerprint density at radius 1 is 1.42 bits per heavy atom. The normalized spacial score (nSPS) is 15.9. The Morgan fingerprint density at radius 3 is 2.79 bits per heavy atom. The van der Waals surface area contributed by atoms with Crippen LogP contribution in [0.3, 0.4) is 0 Å². The first-order valence-corrected chi connectivity index (χ1v) is 8.65. The zero-order valence-corrected chi connectivity index (χ0v) is 14.4. The molecule has 1 amide bonds. The third-order valence-electron chi connectivity index (χ3n) is 4.77. The van der Waals surface area contributed by atoms with Crippen molar-refractivity contribution in [3.05, 3.63) is 41.1 Å². The summed E-state index contributed by atoms with van der Waals surface area (Å²) in [5.74, 6) is 1.72. The molecular weight excluding hydrogens is 306 g/mol. The van der Waals surface area contributed by atoms with Gasteiger partial charge in [0.25, 0.3) is 5.91 Å². The lowest BCUT2D eigenvalue weighted by molar-refractivity contribution is 0.0676. The van der Waals surface area contributed by atoms with Gasteiger partial charge in [-0.3, -0.25) is 9.48 Å². The maximum atomic E-state index is 12.7. The average Bonchev–Trinajstić information content (AvgIpc) is 3.21. The highest BCUT2D eigenvalue weighted by molar-refractivity contribution is 5.93. The molecule has 1 saturated heterocycles. The minimum absolute atomic E-state index is 0.00508. The zero-order chi connectivity index (χ0) is 17.1. The van der Waals surface area contributed by atoms with Crippen molar-refractivity contribution in [1.82, 2.24) is 14.7 Å². The molecule has 1 aliphatic heterocycles. The van der Waals surface area contributed by atoms with Crippen molar-refractivity contribution in [3.63, 3.8) is 0 Å². The van der Waals surface area contributed by atoms with Crippen LogP contribution in [0.2, 0.25) is 0 Å². The van der Waals surface area contributed by atoms with E-state index in [0.717, 1.165) is 49.4 Å². The van der Waals surface area contributed by atoms with Gasteiger partial charge in [-0.25, -0.2) is 0 Å². The Morgan fingerprint density at radius 2 is 2.17 bits per heavy atom. The summed E-state index contributed by atoms with van der Waals surface area (Å²) in [5.41, 5.74) is 2.07. The lowest BCUT2D eigenvalue weighted by Gasteiger charge is -2.31. The number of aliphatic hydroxyl groups excluding tert-OH is 1. The van der Waals surface area contributed by atoms with Crippen LogP contribution in [-0.2, 0) is 13.0 Å². The van der Waals surface area contributed by atoms with Crippen molar-refractivity contribution in [2.45, 2.75) is 45.6 Å². The van der Waals surface area contributed by atoms with E-state index in [1.54, 1.807) is 6.20 Å². The summed E-state index contributed by atoms with van der Waals surface area (Å²) >= 11 is 0. The van der Waals surface area contributed by atoms with E-state index in [4.69, 9.17) is 9.52 Å². The molecule has 1 fully saturated rings. The van der Waals surface area contributed by atoms with Crippen LogP contribution in [0.25, 0.3) is 0 Å². The van der Waals surface area contributed by atoms with Gasteiger partial charge in [-0.15, -0.1) is 0 Å². The molecule has 24 heavy (non-hydrogen) atoms. The maximum absolute atomic E-state index is 12.7. The van der Waals surface area contributed by atoms with E-state index in [1.165, 1.54) is 0 Å². The molecule has 2 aromatic rings. The lowest BCUT2D eigenvalue weighted by atomic mass is 9.93. The summed E-state index contributed by atoms with van der Waals surface area (Å²) in [5, 5.41) is 13.4. The molecule has 0 aliphatic carbocycles. The van der Waals surface area contributed by atoms with Crippen LogP contribution in [0.1, 0.15) is 53.3 Å². The predicted molar refractivity (Wildman–Crippen MR) is 90.0 cm³/mol. The smallest absolute Gasteiger partial charge is 0.289 e. The van der Waals surface area contributed by atoms with Crippen LogP contribution in [0.15, 0.2) is 22.7 Å². The summed E-state index contributed by atoms with van der Waals surface area (Å²) in [6, 6.07) is 3.97. The number of hydrogen-bond donors (Lipinski definition) is 1. The molecule has 0 atom stereocenters. The first-order chi connectivity index (χ1) is 11.6. The second-order valence-corrected chi connectivity index (χ2v) is 6.35. The third-order valence-corrected chi connectivity index (χ3v) is 4.77. The summed E-state index contributed by atoms with van der Waals surface area (Å²) < 4.78 is 7.56. The number of piperidine rings is 1. The number of amides is 1. The van der Waals surface area contributed by atoms with Crippen molar-refractivity contribution >= 4 is 5.91 Å². The molecule has 6 nitrogen and oxygen atoms in total. The molecule has 0 aromatic carbocycles. The Bertz CT molecular complexity index is 696. The molecule has 0 bridgehead atoms. The van der Waals surface area contributed by atoms with E-state index in [-0.39, 0.29) is 12.5 Å². The molecule has 3 rings (SSSR count). The number of aliphatic hydroxyl groups is 1. The second-order valence-electron chi connectivity index (χ2n) is 6.35. The van der Waals surface area contributed by atoms with Crippen molar-refractivity contribution < 1.29 is 14.3 Å². The van der Waals surface area contributed by atoms with Gasteiger partial charge in [0.05, 0.1) is 13.2 Å². The number of nitrogens with zero attached hydrogens (tertiary/aromatic N) is 3. The fourth-order valence-electron chi connectivity index (χ4n) is 3.43. The summed E-state index contributed by atoms with van der Waals surface area (Å²) in [6.07, 6.45) is 4.39. The zero-order valence-electron chi connectivity index (χ0n) is 14.4. The summed E-state index contributed by atoms with van der Waals surface area (Å²) in [4.78, 5) is 14.6. The highest BCUT2D eigenvalue weighted by atomic mass is 16.4. The minimum atomic E-state index is -0.00508. The van der Waals surface area contributed by atoms with E-state index >= 15 is 0 Å². The van der Waals surface area contributed by atoms with Crippen LogP contribution in [-0.4, -0.2) is 45.4 Å². The average molecular weight is 331 g/mol. The number of carbonyl (C=O) groups is 1. The molecular formula is C18H25N3O3. The molecule has 0 unspecified atom stereocenters. The summed E-state index contributed by atoms with van der Waals surface area (Å²) in [7, 11) is 0. The van der Waals surface area contributed by atoms with Crippen LogP contribution >= 0.6 is 0 Å². The Kier molecular flexibility index (Phi) is 5.04. The van der Waals surface area contributed by atoms with Gasteiger partial charge in [-0.1, -0.05) is 6.92 Å². The molecule has 3 heterocycles. The standard InChI is InChI=1S/C18H25N3O3/c1-3-15-12-13(2)17(24-15)18(23)20-8-5-14(6-9-20)16-4-7-19-21(16)10-11-22/h4,7,12,14,22H,3,5-6,8-11H2,1-2H3. The van der Waals surface area contributed by atoms with Gasteiger partial charge in [-0.2, -0.15) is 5.10 Å². The number of furan rings is 1. The van der Waals surface area contributed by atoms with Crippen LogP contribution in [0, 0.1) is 6.92 Å². The number of aryl methyl sites for hydroxylation is 2. The monoisotopic (exact) mass is 331 g/mol. The van der Waals surface area contributed by atoms with Crippen molar-refractivity contribution in [3.8, 4) is 0 Å². The lowest BCUT2D eigenvalue weighted by Crippen LogP contribution is -2.38. The Balaban J connectivity index is 1.65. The van der Waals surface area contributed by atoms with E-state index < -0.39 is 0 Å². The van der Waals surface area contributed by atoms with Gasteiger partial charge in [0.1, 0.15) is 5.76 Å². The Hall–Kier alpha value is -2.08. The van der Waals surface area contributed by atoms with E-state index in [1.807, 2.05) is 35.6 Å². The second kappa shape index (κ2) is 7.21. The number of aromatic nitrogens is 2. The first kappa shape index (κ1) is 16.8. The Labute approximate surface area is 142 Å². The SMILES string of the molecule is CCc1cc(C)c(C(=O)N2CCC(c3ccnn3CCO)CC2)o1. The van der Waals surface area contributed by atoms with Gasteiger partial charge in [0.2, 0.25) is 0 Å². The molecule has 0 spiro atoms. The van der Waals surface area contributed by atoms with Crippen molar-refractivity contribution in [2.24, 2.45) is 0 Å². The first-order valence-electron chi connectivity index (χ1n) is 8.65. The molecule has 0 radical (unpaired) electrons. The van der Waals surface area contributed by atoms with Gasteiger partial charge in [0.15, 0.2) is 5.76 Å². The number of likely N-dealkylation sites (tertiary alicyclic amines) is 1. The molecule has 0 saturated carbocycles. The summed E-state index contributed by atoms with van der Waals surface area (Å²) in [6.45, 7) is 5.99. The maximum Gasteiger partial charge on any atom is 0.289 e. The van der Waals surface area contributed by atoms with Crippen molar-refractivity contribution in [2.75, 3.05) is 19.7 Å². The van der Waals surface area contributed by atoms with E-state index in [0.29, 0.717) is 18.2 Å². The molecule has 1 N–H and O–H groups in total. The van der Waals surface area contributed by atoms with Gasteiger partial charge < -0.3 is 14.4 Å². The van der Waals surface area contributed by atoms with Gasteiger partial charge >= 0.3 is 0 Å². The van der Waals surface area contributed by atoms with Crippen LogP contribution < -0.4 is 0 Å². The fourth-order valence-corrected chi connectivity index (χ4v) is 3.43. The molecule has 130 valence electrons. The van der Waals surface area contributed by atoms with Crippen LogP contribution in [0.5, 0.6) is 0 Å². The van der Waals surface area contributed by atoms with E-state index in [9.17, 15) is 4.79 Å². The fraction of sp³-hybridized carbons (Fsp3) is 0.556. The van der Waals surface area contributed by atoms with Crippen LogP contribution in [0.4, 0.5) is 0 Å². The number of rotatable bonds is 5. The third kappa shape index (κ3) is 3.24. The highest BCUT2D eigenvalue weighted by Gasteiger charge is 2.28. The predicted octanol–water partition coefficient (Wildman–Crippen LogP) is 2.36. The topological polar surface area (TPSA) is 71.5 Å². The quantitative estimate of drug-likeness (QED) is 0.913. The van der Waals surface area contributed by atoms with Gasteiger partial charge in [0, 0.05) is 42.9 Å². The molecule has 2 aromatic heterocycles. The van der Waals surface area contributed by atoms with E-state index in [2.05, 4.69) is 5.10 Å². The highest BCUT2D eigenvalue weighted by Crippen LogP contribution is 2.29. The van der Waals surface area contributed by atoms with Crippen molar-refractivity contribution in [1.29, 1.82) is 0 Å². The molecule has 1 aliphatic rings. The molecule has 6 heteroatoms. The largest absolute Gasteiger partial charge is 0.456 e. The minimum Gasteiger partial charge on any atom is -0.456 e. The number of hydrogen-bond acceptors (Lipinski definition) is 4. The van der Waals surface area contributed by atoms with Gasteiger partial charge in [-0.05, 0) is 31.9 Å².